The standard InChI is InChI=1S/C24H24ClF6N5O3/c1-13-10-19(23(26,27)28)34-22(32-13)36-11-17(18(12-36)39-21(38)24(29,30)31)33-16-6-8-35(9-7-16)20(37)14-2-4-15(25)5-3-14/h2-5,10,16-18,33H,6-9,11-12H2,1H3/t17-,18-/m0/s1. The topological polar surface area (TPSA) is 87.7 Å². The molecule has 2 aliphatic heterocycles. The minimum atomic E-state index is -5.24. The Bertz CT molecular complexity index is 1200. The number of carbonyl (C=O) groups excluding carboxylic acids is 2. The highest BCUT2D eigenvalue weighted by Crippen LogP contribution is 2.31. The van der Waals surface area contributed by atoms with Crippen LogP contribution in [0.3, 0.4) is 0 Å². The lowest BCUT2D eigenvalue weighted by Gasteiger charge is -2.34. The molecule has 2 aliphatic rings. The summed E-state index contributed by atoms with van der Waals surface area (Å²) in [6.07, 6.45) is -10.4. The molecule has 15 heteroatoms. The highest BCUT2D eigenvalue weighted by Gasteiger charge is 2.46. The Balaban J connectivity index is 1.45. The van der Waals surface area contributed by atoms with E-state index >= 15 is 0 Å². The number of anilines is 1. The number of ether oxygens (including phenoxy) is 1. The Morgan fingerprint density at radius 3 is 2.26 bits per heavy atom. The van der Waals surface area contributed by atoms with Crippen LogP contribution in [0, 0.1) is 6.92 Å². The zero-order valence-electron chi connectivity index (χ0n) is 20.5. The first-order chi connectivity index (χ1) is 18.2. The van der Waals surface area contributed by atoms with Crippen molar-refractivity contribution in [2.75, 3.05) is 31.1 Å². The van der Waals surface area contributed by atoms with E-state index in [1.54, 1.807) is 29.2 Å². The summed E-state index contributed by atoms with van der Waals surface area (Å²) in [5.41, 5.74) is -0.707. The third-order valence-electron chi connectivity index (χ3n) is 6.49. The number of carbonyl (C=O) groups is 2. The molecule has 1 aromatic heterocycles. The Hall–Kier alpha value is -3.13. The fourth-order valence-electron chi connectivity index (χ4n) is 4.59. The summed E-state index contributed by atoms with van der Waals surface area (Å²) in [7, 11) is 0. The maximum Gasteiger partial charge on any atom is 0.490 e. The van der Waals surface area contributed by atoms with Crippen molar-refractivity contribution >= 4 is 29.4 Å². The van der Waals surface area contributed by atoms with Gasteiger partial charge in [-0.25, -0.2) is 14.8 Å². The van der Waals surface area contributed by atoms with Gasteiger partial charge in [0, 0.05) is 42.0 Å². The van der Waals surface area contributed by atoms with Crippen LogP contribution in [0.25, 0.3) is 0 Å². The van der Waals surface area contributed by atoms with Gasteiger partial charge in [-0.05, 0) is 50.1 Å². The minimum Gasteiger partial charge on any atom is -0.452 e. The fourth-order valence-corrected chi connectivity index (χ4v) is 4.71. The summed E-state index contributed by atoms with van der Waals surface area (Å²) < 4.78 is 83.3. The molecule has 3 heterocycles. The van der Waals surface area contributed by atoms with Crippen LogP contribution in [0.15, 0.2) is 30.3 Å². The second kappa shape index (κ2) is 11.2. The Labute approximate surface area is 224 Å². The van der Waals surface area contributed by atoms with E-state index in [9.17, 15) is 35.9 Å². The lowest BCUT2D eigenvalue weighted by molar-refractivity contribution is -0.204. The van der Waals surface area contributed by atoms with E-state index in [2.05, 4.69) is 15.3 Å². The minimum absolute atomic E-state index is 0.0188. The maximum absolute atomic E-state index is 13.3. The average molecular weight is 580 g/mol. The van der Waals surface area contributed by atoms with E-state index in [0.29, 0.717) is 36.5 Å². The van der Waals surface area contributed by atoms with Gasteiger partial charge in [0.05, 0.1) is 12.6 Å². The molecule has 1 N–H and O–H groups in total. The number of esters is 1. The van der Waals surface area contributed by atoms with Crippen molar-refractivity contribution in [3.63, 3.8) is 0 Å². The van der Waals surface area contributed by atoms with Gasteiger partial charge in [0.2, 0.25) is 5.95 Å². The molecule has 0 aliphatic carbocycles. The zero-order valence-corrected chi connectivity index (χ0v) is 21.3. The normalized spacial score (nSPS) is 20.8. The molecule has 2 saturated heterocycles. The molecule has 0 spiro atoms. The van der Waals surface area contributed by atoms with Crippen molar-refractivity contribution < 1.29 is 40.7 Å². The molecule has 0 saturated carbocycles. The lowest BCUT2D eigenvalue weighted by atomic mass is 10.0. The number of amides is 1. The number of hydrogen-bond donors (Lipinski definition) is 1. The number of rotatable bonds is 5. The highest BCUT2D eigenvalue weighted by molar-refractivity contribution is 6.30. The van der Waals surface area contributed by atoms with Crippen LogP contribution >= 0.6 is 11.6 Å². The SMILES string of the molecule is Cc1cc(C(F)(F)F)nc(N2C[C@H](NC3CCN(C(=O)c4ccc(Cl)cc4)CC3)[C@@H](OC(=O)C(F)(F)F)C2)n1. The van der Waals surface area contributed by atoms with Gasteiger partial charge in [-0.15, -0.1) is 0 Å². The summed E-state index contributed by atoms with van der Waals surface area (Å²) >= 11 is 5.87. The molecule has 0 unspecified atom stereocenters. The molecule has 212 valence electrons. The third kappa shape index (κ3) is 7.10. The first-order valence-corrected chi connectivity index (χ1v) is 12.3. The highest BCUT2D eigenvalue weighted by atomic mass is 35.5. The molecular formula is C24H24ClF6N5O3. The molecule has 0 bridgehead atoms. The van der Waals surface area contributed by atoms with Gasteiger partial charge in [0.1, 0.15) is 11.8 Å². The monoisotopic (exact) mass is 579 g/mol. The van der Waals surface area contributed by atoms with Crippen LogP contribution in [0.4, 0.5) is 32.3 Å². The predicted octanol–water partition coefficient (Wildman–Crippen LogP) is 4.01. The first kappa shape index (κ1) is 28.9. The van der Waals surface area contributed by atoms with Gasteiger partial charge in [-0.2, -0.15) is 26.3 Å². The van der Waals surface area contributed by atoms with Gasteiger partial charge in [-0.3, -0.25) is 4.79 Å². The Morgan fingerprint density at radius 2 is 1.67 bits per heavy atom. The number of hydrogen-bond acceptors (Lipinski definition) is 7. The molecule has 0 radical (unpaired) electrons. The van der Waals surface area contributed by atoms with Crippen molar-refractivity contribution in [2.45, 2.75) is 50.3 Å². The maximum atomic E-state index is 13.3. The average Bonchev–Trinajstić information content (AvgIpc) is 3.25. The van der Waals surface area contributed by atoms with Crippen molar-refractivity contribution in [1.82, 2.24) is 20.2 Å². The van der Waals surface area contributed by atoms with E-state index in [1.165, 1.54) is 11.8 Å². The molecule has 8 nitrogen and oxygen atoms in total. The Morgan fingerprint density at radius 1 is 1.03 bits per heavy atom. The quantitative estimate of drug-likeness (QED) is 0.423. The number of likely N-dealkylation sites (tertiary alicyclic amines) is 1. The predicted molar refractivity (Wildman–Crippen MR) is 127 cm³/mol. The molecule has 1 amide bonds. The van der Waals surface area contributed by atoms with Gasteiger partial charge < -0.3 is 19.9 Å². The summed E-state index contributed by atoms with van der Waals surface area (Å²) in [6.45, 7) is 1.62. The van der Waals surface area contributed by atoms with Gasteiger partial charge in [0.15, 0.2) is 0 Å². The molecular weight excluding hydrogens is 556 g/mol. The van der Waals surface area contributed by atoms with Crippen LogP contribution in [0.5, 0.6) is 0 Å². The van der Waals surface area contributed by atoms with E-state index in [-0.39, 0.29) is 36.7 Å². The van der Waals surface area contributed by atoms with E-state index < -0.39 is 36.2 Å². The second-order valence-corrected chi connectivity index (χ2v) is 9.82. The largest absolute Gasteiger partial charge is 0.490 e. The van der Waals surface area contributed by atoms with Gasteiger partial charge >= 0.3 is 18.3 Å². The molecule has 2 aromatic rings. The smallest absolute Gasteiger partial charge is 0.452 e. The molecule has 4 rings (SSSR count). The lowest BCUT2D eigenvalue weighted by Crippen LogP contribution is -2.52. The summed E-state index contributed by atoms with van der Waals surface area (Å²) in [4.78, 5) is 34.8. The number of nitrogens with one attached hydrogen (secondary N) is 1. The third-order valence-corrected chi connectivity index (χ3v) is 6.75. The summed E-state index contributed by atoms with van der Waals surface area (Å²) in [6, 6.07) is 6.09. The number of piperidine rings is 1. The van der Waals surface area contributed by atoms with Gasteiger partial charge in [0.25, 0.3) is 5.91 Å². The van der Waals surface area contributed by atoms with Gasteiger partial charge in [-0.1, -0.05) is 11.6 Å². The Kier molecular flexibility index (Phi) is 8.26. The van der Waals surface area contributed by atoms with Crippen molar-refractivity contribution in [3.05, 3.63) is 52.3 Å². The second-order valence-electron chi connectivity index (χ2n) is 9.39. The fraction of sp³-hybridized carbons (Fsp3) is 0.500. The number of halogens is 7. The number of alkyl halides is 6. The number of aryl methyl sites for hydroxylation is 1. The molecule has 39 heavy (non-hydrogen) atoms. The van der Waals surface area contributed by atoms with Crippen LogP contribution in [-0.4, -0.2) is 77.3 Å². The van der Waals surface area contributed by atoms with E-state index in [4.69, 9.17) is 16.3 Å². The first-order valence-electron chi connectivity index (χ1n) is 12.0. The van der Waals surface area contributed by atoms with E-state index in [1.807, 2.05) is 0 Å². The summed E-state index contributed by atoms with van der Waals surface area (Å²) in [5, 5.41) is 3.66. The van der Waals surface area contributed by atoms with Crippen molar-refractivity contribution in [3.8, 4) is 0 Å². The van der Waals surface area contributed by atoms with Crippen LogP contribution in [-0.2, 0) is 15.7 Å². The van der Waals surface area contributed by atoms with Crippen molar-refractivity contribution in [1.29, 1.82) is 0 Å². The number of nitrogens with zero attached hydrogens (tertiary/aromatic N) is 4. The van der Waals surface area contributed by atoms with Crippen molar-refractivity contribution in [2.24, 2.45) is 0 Å². The summed E-state index contributed by atoms with van der Waals surface area (Å²) in [5.74, 6) is -2.92. The number of benzene rings is 1. The molecule has 1 aromatic carbocycles. The van der Waals surface area contributed by atoms with Crippen LogP contribution in [0.1, 0.15) is 34.6 Å². The molecule has 2 fully saturated rings. The van der Waals surface area contributed by atoms with Crippen LogP contribution in [0.2, 0.25) is 5.02 Å². The molecule has 2 atom stereocenters. The zero-order chi connectivity index (χ0) is 28.5. The number of aromatic nitrogens is 2. The van der Waals surface area contributed by atoms with E-state index in [0.717, 1.165) is 6.07 Å². The van der Waals surface area contributed by atoms with Crippen LogP contribution < -0.4 is 10.2 Å².